The standard InChI is InChI=1S/C27H32N4O6S/c1-17(2)15-21(30-25(33)24-19-10-4-3-9-18(19)16-37-24)26(34)31-14-8-6-11-20(28)23(32)27(31)38(35,36)22-12-5-7-13-29-22/h3-5,7,9-10,12-13,16-17,20-21,27H,6,8,11,14-15,28H2,1-2H3,(H,30,33)/t20?,21-,27?/m0/s1. The molecule has 3 N–H and O–H groups in total. The lowest BCUT2D eigenvalue weighted by molar-refractivity contribution is -0.139. The number of furan rings is 1. The molecule has 0 aliphatic carbocycles. The minimum Gasteiger partial charge on any atom is -0.458 e. The third-order valence-electron chi connectivity index (χ3n) is 6.59. The summed E-state index contributed by atoms with van der Waals surface area (Å²) >= 11 is 0. The molecule has 0 spiro atoms. The minimum atomic E-state index is -4.41. The van der Waals surface area contributed by atoms with Crippen molar-refractivity contribution in [1.29, 1.82) is 0 Å². The van der Waals surface area contributed by atoms with E-state index in [1.54, 1.807) is 24.3 Å². The van der Waals surface area contributed by atoms with Crippen LogP contribution in [0, 0.1) is 5.92 Å². The summed E-state index contributed by atoms with van der Waals surface area (Å²) in [6.45, 7) is 3.78. The van der Waals surface area contributed by atoms with Crippen molar-refractivity contribution in [3.8, 4) is 0 Å². The highest BCUT2D eigenvalue weighted by Gasteiger charge is 2.46. The molecule has 11 heteroatoms. The van der Waals surface area contributed by atoms with Crippen LogP contribution >= 0.6 is 0 Å². The molecule has 202 valence electrons. The van der Waals surface area contributed by atoms with E-state index in [0.29, 0.717) is 24.6 Å². The Morgan fingerprint density at radius 2 is 1.89 bits per heavy atom. The van der Waals surface area contributed by atoms with Gasteiger partial charge in [0, 0.05) is 23.5 Å². The fourth-order valence-electron chi connectivity index (χ4n) is 4.70. The third kappa shape index (κ3) is 5.63. The van der Waals surface area contributed by atoms with Crippen molar-refractivity contribution in [2.45, 2.75) is 62.0 Å². The average molecular weight is 541 g/mol. The van der Waals surface area contributed by atoms with E-state index in [1.165, 1.54) is 24.6 Å². The maximum absolute atomic E-state index is 14.0. The Morgan fingerprint density at radius 3 is 2.61 bits per heavy atom. The number of nitrogens with one attached hydrogen (secondary N) is 1. The van der Waals surface area contributed by atoms with Gasteiger partial charge in [0.05, 0.1) is 12.3 Å². The Balaban J connectivity index is 1.71. The molecule has 0 bridgehead atoms. The molecule has 3 atom stereocenters. The zero-order valence-electron chi connectivity index (χ0n) is 21.4. The molecular weight excluding hydrogens is 508 g/mol. The summed E-state index contributed by atoms with van der Waals surface area (Å²) in [6.07, 6.45) is 4.29. The van der Waals surface area contributed by atoms with E-state index in [0.717, 1.165) is 10.3 Å². The van der Waals surface area contributed by atoms with Crippen LogP contribution in [0.15, 0.2) is 64.4 Å². The maximum atomic E-state index is 14.0. The largest absolute Gasteiger partial charge is 0.458 e. The second-order valence-electron chi connectivity index (χ2n) is 9.91. The number of likely N-dealkylation sites (tertiary alicyclic amines) is 1. The molecule has 0 saturated carbocycles. The van der Waals surface area contributed by atoms with Crippen LogP contribution in [-0.4, -0.2) is 59.9 Å². The van der Waals surface area contributed by atoms with Crippen molar-refractivity contribution in [3.05, 3.63) is 60.7 Å². The SMILES string of the molecule is CC(C)C[C@H](NC(=O)c1occ2ccccc12)C(=O)N1CCCCC(N)C(=O)C1S(=O)(=O)c1ccccn1. The van der Waals surface area contributed by atoms with Crippen molar-refractivity contribution in [2.24, 2.45) is 11.7 Å². The topological polar surface area (TPSA) is 153 Å². The lowest BCUT2D eigenvalue weighted by Crippen LogP contribution is -2.60. The van der Waals surface area contributed by atoms with Crippen molar-refractivity contribution in [2.75, 3.05) is 6.54 Å². The molecule has 2 aromatic heterocycles. The molecule has 2 amide bonds. The van der Waals surface area contributed by atoms with Crippen molar-refractivity contribution in [3.63, 3.8) is 0 Å². The van der Waals surface area contributed by atoms with Crippen LogP contribution in [0.4, 0.5) is 0 Å². The number of nitrogens with two attached hydrogens (primary N) is 1. The summed E-state index contributed by atoms with van der Waals surface area (Å²) in [4.78, 5) is 45.7. The van der Waals surface area contributed by atoms with E-state index in [-0.39, 0.29) is 29.7 Å². The molecule has 1 aliphatic heterocycles. The summed E-state index contributed by atoms with van der Waals surface area (Å²) in [5.41, 5.74) is 6.08. The van der Waals surface area contributed by atoms with Gasteiger partial charge in [-0.15, -0.1) is 0 Å². The Kier molecular flexibility index (Phi) is 8.27. The van der Waals surface area contributed by atoms with Crippen molar-refractivity contribution in [1.82, 2.24) is 15.2 Å². The summed E-state index contributed by atoms with van der Waals surface area (Å²) < 4.78 is 32.9. The van der Waals surface area contributed by atoms with Gasteiger partial charge in [-0.25, -0.2) is 13.4 Å². The Bertz CT molecular complexity index is 1420. The Labute approximate surface area is 221 Å². The van der Waals surface area contributed by atoms with E-state index in [2.05, 4.69) is 10.3 Å². The van der Waals surface area contributed by atoms with E-state index >= 15 is 0 Å². The van der Waals surface area contributed by atoms with Gasteiger partial charge >= 0.3 is 0 Å². The number of sulfone groups is 1. The molecule has 1 fully saturated rings. The van der Waals surface area contributed by atoms with Crippen molar-refractivity contribution >= 4 is 38.2 Å². The average Bonchev–Trinajstić information content (AvgIpc) is 3.33. The first-order chi connectivity index (χ1) is 18.1. The van der Waals surface area contributed by atoms with Gasteiger partial charge in [0.25, 0.3) is 5.91 Å². The van der Waals surface area contributed by atoms with Gasteiger partial charge in [-0.3, -0.25) is 14.4 Å². The molecule has 10 nitrogen and oxygen atoms in total. The van der Waals surface area contributed by atoms with Gasteiger partial charge in [-0.05, 0) is 43.7 Å². The van der Waals surface area contributed by atoms with E-state index in [9.17, 15) is 22.8 Å². The number of aromatic nitrogens is 1. The molecule has 38 heavy (non-hydrogen) atoms. The molecule has 3 aromatic rings. The zero-order chi connectivity index (χ0) is 27.4. The van der Waals surface area contributed by atoms with E-state index in [4.69, 9.17) is 10.2 Å². The highest BCUT2D eigenvalue weighted by Crippen LogP contribution is 2.26. The number of nitrogens with zero attached hydrogens (tertiary/aromatic N) is 2. The monoisotopic (exact) mass is 540 g/mol. The van der Waals surface area contributed by atoms with Crippen molar-refractivity contribution < 1.29 is 27.2 Å². The summed E-state index contributed by atoms with van der Waals surface area (Å²) in [7, 11) is -4.41. The zero-order valence-corrected chi connectivity index (χ0v) is 22.2. The summed E-state index contributed by atoms with van der Waals surface area (Å²) in [6, 6.07) is 9.30. The number of carbonyl (C=O) groups excluding carboxylic acids is 3. The van der Waals surface area contributed by atoms with Gasteiger partial charge in [-0.1, -0.05) is 44.2 Å². The summed E-state index contributed by atoms with van der Waals surface area (Å²) in [5.74, 6) is -2.03. The van der Waals surface area contributed by atoms with Crippen LogP contribution in [0.1, 0.15) is 50.1 Å². The number of amides is 2. The van der Waals surface area contributed by atoms with Crippen LogP contribution in [-0.2, 0) is 19.4 Å². The quantitative estimate of drug-likeness (QED) is 0.464. The van der Waals surface area contributed by atoms with Crippen LogP contribution < -0.4 is 11.1 Å². The molecule has 3 heterocycles. The fourth-order valence-corrected chi connectivity index (χ4v) is 6.43. The number of Topliss-reactive ketones (excluding diaryl/α,β-unsaturated/α-hetero) is 1. The number of hydrogen-bond donors (Lipinski definition) is 2. The first kappa shape index (κ1) is 27.5. The van der Waals surface area contributed by atoms with Crippen LogP contribution in [0.25, 0.3) is 10.8 Å². The highest BCUT2D eigenvalue weighted by molar-refractivity contribution is 7.92. The number of pyridine rings is 1. The minimum absolute atomic E-state index is 0.0160. The predicted molar refractivity (Wildman–Crippen MR) is 141 cm³/mol. The molecule has 0 radical (unpaired) electrons. The maximum Gasteiger partial charge on any atom is 0.288 e. The smallest absolute Gasteiger partial charge is 0.288 e. The molecule has 4 rings (SSSR count). The molecule has 2 unspecified atom stereocenters. The normalized spacial score (nSPS) is 19.7. The number of fused-ring (bicyclic) bond motifs is 1. The number of benzene rings is 1. The fraction of sp³-hybridized carbons (Fsp3) is 0.407. The van der Waals surface area contributed by atoms with Gasteiger partial charge in [0.15, 0.2) is 16.6 Å². The van der Waals surface area contributed by atoms with Crippen LogP contribution in [0.2, 0.25) is 0 Å². The summed E-state index contributed by atoms with van der Waals surface area (Å²) in [5, 5.41) is 1.88. The number of rotatable bonds is 7. The number of carbonyl (C=O) groups is 3. The van der Waals surface area contributed by atoms with Gasteiger partial charge in [0.2, 0.25) is 21.1 Å². The second-order valence-corrected chi connectivity index (χ2v) is 11.9. The van der Waals surface area contributed by atoms with Gasteiger partial charge in [0.1, 0.15) is 6.04 Å². The molecule has 1 saturated heterocycles. The van der Waals surface area contributed by atoms with Gasteiger partial charge in [-0.2, -0.15) is 0 Å². The second kappa shape index (κ2) is 11.4. The highest BCUT2D eigenvalue weighted by atomic mass is 32.2. The van der Waals surface area contributed by atoms with Crippen LogP contribution in [0.5, 0.6) is 0 Å². The first-order valence-electron chi connectivity index (χ1n) is 12.6. The third-order valence-corrected chi connectivity index (χ3v) is 8.49. The molecule has 1 aliphatic rings. The lowest BCUT2D eigenvalue weighted by atomic mass is 9.99. The Morgan fingerprint density at radius 1 is 1.16 bits per heavy atom. The number of ketones is 1. The molecule has 1 aromatic carbocycles. The van der Waals surface area contributed by atoms with E-state index in [1.807, 2.05) is 19.9 Å². The lowest BCUT2D eigenvalue weighted by Gasteiger charge is -2.36. The predicted octanol–water partition coefficient (Wildman–Crippen LogP) is 2.68. The Hall–Kier alpha value is -3.57. The number of hydrogen-bond acceptors (Lipinski definition) is 8. The van der Waals surface area contributed by atoms with Gasteiger partial charge < -0.3 is 20.4 Å². The molecular formula is C27H32N4O6S. The van der Waals surface area contributed by atoms with Crippen LogP contribution in [0.3, 0.4) is 0 Å². The first-order valence-corrected chi connectivity index (χ1v) is 14.2. The van der Waals surface area contributed by atoms with E-state index < -0.39 is 44.9 Å².